The van der Waals surface area contributed by atoms with Crippen LogP contribution in [0.5, 0.6) is 11.5 Å². The van der Waals surface area contributed by atoms with Crippen LogP contribution in [-0.2, 0) is 9.59 Å². The van der Waals surface area contributed by atoms with Crippen molar-refractivity contribution in [1.29, 1.82) is 5.26 Å². The summed E-state index contributed by atoms with van der Waals surface area (Å²) < 4.78 is 10.6. The number of halogens is 1. The molecule has 0 spiro atoms. The van der Waals surface area contributed by atoms with Gasteiger partial charge in [-0.15, -0.1) is 0 Å². The molecule has 0 saturated carbocycles. The molecule has 0 aromatic heterocycles. The number of hydrogen-bond donors (Lipinski definition) is 1. The molecule has 8 heteroatoms. The maximum Gasteiger partial charge on any atom is 0.300 e. The van der Waals surface area contributed by atoms with E-state index in [4.69, 9.17) is 26.3 Å². The summed E-state index contributed by atoms with van der Waals surface area (Å²) in [5, 5.41) is 20.8. The summed E-state index contributed by atoms with van der Waals surface area (Å²) in [6.07, 6.45) is 0. The molecule has 1 aliphatic rings. The number of benzene rings is 3. The third-order valence-electron chi connectivity index (χ3n) is 5.81. The molecular formula is C27H21ClN2O5. The smallest absolute Gasteiger partial charge is 0.300 e. The maximum atomic E-state index is 13.3. The summed E-state index contributed by atoms with van der Waals surface area (Å²) >= 11 is 6.30. The van der Waals surface area contributed by atoms with E-state index in [0.717, 1.165) is 5.56 Å². The fourth-order valence-corrected chi connectivity index (χ4v) is 4.38. The highest BCUT2D eigenvalue weighted by atomic mass is 35.5. The summed E-state index contributed by atoms with van der Waals surface area (Å²) in [7, 11) is 2.86. The molecule has 0 aliphatic carbocycles. The minimum atomic E-state index is -0.923. The molecule has 1 aliphatic heterocycles. The van der Waals surface area contributed by atoms with E-state index in [1.807, 2.05) is 31.2 Å². The van der Waals surface area contributed by atoms with E-state index >= 15 is 0 Å². The number of anilines is 1. The standard InChI is InChI=1S/C27H21ClN2O5/c1-15-5-4-6-17(11-15)24-23(25(31)19-12-20(28)22(35-3)13-21(19)34-2)26(32)27(33)30(24)18-9-7-16(14-29)8-10-18/h4-13,24,31H,1-3H3/b25-23+. The number of ketones is 1. The Labute approximate surface area is 207 Å². The second kappa shape index (κ2) is 9.53. The lowest BCUT2D eigenvalue weighted by atomic mass is 9.94. The zero-order valence-corrected chi connectivity index (χ0v) is 20.0. The van der Waals surface area contributed by atoms with Crippen molar-refractivity contribution in [3.8, 4) is 17.6 Å². The van der Waals surface area contributed by atoms with E-state index in [9.17, 15) is 14.7 Å². The van der Waals surface area contributed by atoms with Crippen LogP contribution in [0.1, 0.15) is 28.3 Å². The Morgan fingerprint density at radius 3 is 2.31 bits per heavy atom. The molecule has 0 radical (unpaired) electrons. The molecule has 1 amide bonds. The molecule has 7 nitrogen and oxygen atoms in total. The van der Waals surface area contributed by atoms with Gasteiger partial charge in [-0.2, -0.15) is 5.26 Å². The van der Waals surface area contributed by atoms with Gasteiger partial charge in [0.25, 0.3) is 11.7 Å². The first kappa shape index (κ1) is 23.9. The maximum absolute atomic E-state index is 13.3. The topological polar surface area (TPSA) is 99.9 Å². The van der Waals surface area contributed by atoms with E-state index < -0.39 is 23.5 Å². The first-order valence-corrected chi connectivity index (χ1v) is 11.0. The van der Waals surface area contributed by atoms with Crippen LogP contribution < -0.4 is 14.4 Å². The third-order valence-corrected chi connectivity index (χ3v) is 6.10. The van der Waals surface area contributed by atoms with Crippen LogP contribution >= 0.6 is 11.6 Å². The Bertz CT molecular complexity index is 1410. The average Bonchev–Trinajstić information content (AvgIpc) is 3.13. The van der Waals surface area contributed by atoms with E-state index in [0.29, 0.717) is 22.6 Å². The fourth-order valence-electron chi connectivity index (χ4n) is 4.14. The second-order valence-electron chi connectivity index (χ2n) is 7.93. The molecule has 1 fully saturated rings. The molecular weight excluding hydrogens is 468 g/mol. The highest BCUT2D eigenvalue weighted by Crippen LogP contribution is 2.44. The number of amides is 1. The number of rotatable bonds is 5. The van der Waals surface area contributed by atoms with Gasteiger partial charge in [0.05, 0.1) is 48.1 Å². The fraction of sp³-hybridized carbons (Fsp3) is 0.148. The lowest BCUT2D eigenvalue weighted by Crippen LogP contribution is -2.29. The molecule has 0 bridgehead atoms. The lowest BCUT2D eigenvalue weighted by molar-refractivity contribution is -0.132. The van der Waals surface area contributed by atoms with Crippen LogP contribution in [0.2, 0.25) is 5.02 Å². The van der Waals surface area contributed by atoms with Gasteiger partial charge in [0.1, 0.15) is 17.3 Å². The van der Waals surface area contributed by atoms with E-state index in [-0.39, 0.29) is 21.9 Å². The highest BCUT2D eigenvalue weighted by Gasteiger charge is 2.47. The van der Waals surface area contributed by atoms with Crippen molar-refractivity contribution in [3.05, 3.63) is 93.5 Å². The van der Waals surface area contributed by atoms with E-state index in [2.05, 4.69) is 0 Å². The van der Waals surface area contributed by atoms with Gasteiger partial charge in [0, 0.05) is 11.8 Å². The van der Waals surface area contributed by atoms with E-state index in [1.165, 1.54) is 31.3 Å². The van der Waals surface area contributed by atoms with Gasteiger partial charge in [0.2, 0.25) is 0 Å². The zero-order chi connectivity index (χ0) is 25.3. The van der Waals surface area contributed by atoms with Gasteiger partial charge >= 0.3 is 0 Å². The van der Waals surface area contributed by atoms with Crippen molar-refractivity contribution < 1.29 is 24.2 Å². The largest absolute Gasteiger partial charge is 0.507 e. The van der Waals surface area contributed by atoms with Crippen molar-refractivity contribution >= 4 is 34.7 Å². The number of Topliss-reactive ketones (excluding diaryl/α,β-unsaturated/α-hetero) is 1. The van der Waals surface area contributed by atoms with Crippen LogP contribution in [0.25, 0.3) is 5.76 Å². The second-order valence-corrected chi connectivity index (χ2v) is 8.34. The van der Waals surface area contributed by atoms with Crippen LogP contribution in [-0.4, -0.2) is 31.0 Å². The number of carbonyl (C=O) groups is 2. The minimum Gasteiger partial charge on any atom is -0.507 e. The Balaban J connectivity index is 1.98. The Kier molecular flexibility index (Phi) is 6.50. The number of carbonyl (C=O) groups excluding carboxylic acids is 2. The van der Waals surface area contributed by atoms with Crippen molar-refractivity contribution in [3.63, 3.8) is 0 Å². The number of nitrogens with zero attached hydrogens (tertiary/aromatic N) is 2. The average molecular weight is 489 g/mol. The molecule has 3 aromatic carbocycles. The van der Waals surface area contributed by atoms with Crippen LogP contribution in [0.4, 0.5) is 5.69 Å². The number of hydrogen-bond acceptors (Lipinski definition) is 6. The van der Waals surface area contributed by atoms with Gasteiger partial charge in [-0.25, -0.2) is 0 Å². The Morgan fingerprint density at radius 2 is 1.71 bits per heavy atom. The molecule has 35 heavy (non-hydrogen) atoms. The van der Waals surface area contributed by atoms with Crippen molar-refractivity contribution in [1.82, 2.24) is 0 Å². The molecule has 1 atom stereocenters. The number of aryl methyl sites for hydroxylation is 1. The molecule has 1 saturated heterocycles. The number of methoxy groups -OCH3 is 2. The van der Waals surface area contributed by atoms with Crippen LogP contribution in [0.3, 0.4) is 0 Å². The summed E-state index contributed by atoms with van der Waals surface area (Å²) in [6, 6.07) is 17.7. The molecule has 4 rings (SSSR count). The summed E-state index contributed by atoms with van der Waals surface area (Å²) in [4.78, 5) is 27.9. The van der Waals surface area contributed by atoms with Crippen molar-refractivity contribution in [2.24, 2.45) is 0 Å². The normalized spacial score (nSPS) is 16.8. The molecule has 1 heterocycles. The molecule has 1 N–H and O–H groups in total. The number of nitriles is 1. The van der Waals surface area contributed by atoms with Crippen LogP contribution in [0.15, 0.2) is 66.2 Å². The third kappa shape index (κ3) is 4.20. The monoisotopic (exact) mass is 488 g/mol. The number of aliphatic hydroxyl groups is 1. The summed E-state index contributed by atoms with van der Waals surface area (Å²) in [5.74, 6) is -1.54. The minimum absolute atomic E-state index is 0.107. The van der Waals surface area contributed by atoms with Gasteiger partial charge < -0.3 is 14.6 Å². The predicted octanol–water partition coefficient (Wildman–Crippen LogP) is 5.16. The number of ether oxygens (including phenoxy) is 2. The quantitative estimate of drug-likeness (QED) is 0.302. The van der Waals surface area contributed by atoms with Crippen molar-refractivity contribution in [2.75, 3.05) is 19.1 Å². The van der Waals surface area contributed by atoms with Crippen molar-refractivity contribution in [2.45, 2.75) is 13.0 Å². The Hall–Kier alpha value is -4.28. The predicted molar refractivity (Wildman–Crippen MR) is 132 cm³/mol. The summed E-state index contributed by atoms with van der Waals surface area (Å²) in [5.41, 5.74) is 2.41. The van der Waals surface area contributed by atoms with Gasteiger partial charge in [0.15, 0.2) is 0 Å². The first-order chi connectivity index (χ1) is 16.8. The van der Waals surface area contributed by atoms with Crippen LogP contribution in [0, 0.1) is 18.3 Å². The van der Waals surface area contributed by atoms with Gasteiger partial charge in [-0.1, -0.05) is 41.4 Å². The van der Waals surface area contributed by atoms with E-state index in [1.54, 1.807) is 30.3 Å². The number of aliphatic hydroxyl groups excluding tert-OH is 1. The van der Waals surface area contributed by atoms with Gasteiger partial charge in [-0.05, 0) is 42.8 Å². The molecule has 3 aromatic rings. The zero-order valence-electron chi connectivity index (χ0n) is 19.2. The highest BCUT2D eigenvalue weighted by molar-refractivity contribution is 6.51. The lowest BCUT2D eigenvalue weighted by Gasteiger charge is -2.26. The molecule has 1 unspecified atom stereocenters. The Morgan fingerprint density at radius 1 is 1.03 bits per heavy atom. The SMILES string of the molecule is COc1cc(OC)c(/C(O)=C2\C(=O)C(=O)N(c3ccc(C#N)cc3)C2c2cccc(C)c2)cc1Cl. The molecule has 176 valence electrons. The van der Waals surface area contributed by atoms with Gasteiger partial charge in [-0.3, -0.25) is 14.5 Å². The first-order valence-electron chi connectivity index (χ1n) is 10.6. The summed E-state index contributed by atoms with van der Waals surface area (Å²) in [6.45, 7) is 1.89.